The van der Waals surface area contributed by atoms with Crippen LogP contribution < -0.4 is 9.47 Å². The van der Waals surface area contributed by atoms with Crippen LogP contribution in [0.25, 0.3) is 22.2 Å². The van der Waals surface area contributed by atoms with Crippen LogP contribution in [-0.4, -0.2) is 92.5 Å². The summed E-state index contributed by atoms with van der Waals surface area (Å²) < 4.78 is 12.4. The van der Waals surface area contributed by atoms with Crippen molar-refractivity contribution in [2.45, 2.75) is 50.5 Å². The number of likely N-dealkylation sites (tertiary alicyclic amines) is 1. The van der Waals surface area contributed by atoms with Crippen LogP contribution in [0.15, 0.2) is 60.8 Å². The quantitative estimate of drug-likeness (QED) is 0.297. The number of fused-ring (bicyclic) bond motifs is 2. The third kappa shape index (κ3) is 5.60. The summed E-state index contributed by atoms with van der Waals surface area (Å²) in [6, 6.07) is 16.1. The normalized spacial score (nSPS) is 17.0. The zero-order valence-corrected chi connectivity index (χ0v) is 23.8. The fraction of sp³-hybridized carbons (Fsp3) is 0.324. The fourth-order valence-corrected chi connectivity index (χ4v) is 6.28. The second-order valence-corrected chi connectivity index (χ2v) is 11.6. The van der Waals surface area contributed by atoms with E-state index in [-0.39, 0.29) is 53.2 Å². The molecule has 0 unspecified atom stereocenters. The molecule has 2 aromatic carbocycles. The van der Waals surface area contributed by atoms with Gasteiger partial charge >= 0.3 is 35.5 Å². The zero-order chi connectivity index (χ0) is 29.7. The van der Waals surface area contributed by atoms with Gasteiger partial charge in [0.1, 0.15) is 22.8 Å². The molecule has 2 aliphatic heterocycles. The van der Waals surface area contributed by atoms with E-state index >= 15 is 0 Å². The molecule has 1 spiro atoms. The Morgan fingerprint density at radius 3 is 2.61 bits per heavy atom. The number of para-hydroxylation sites is 1. The van der Waals surface area contributed by atoms with E-state index in [1.165, 1.54) is 23.9 Å². The zero-order valence-electron chi connectivity index (χ0n) is 23.8. The van der Waals surface area contributed by atoms with Crippen molar-refractivity contribution in [2.24, 2.45) is 0 Å². The maximum atomic E-state index is 13.7. The number of carboxylic acids is 1. The summed E-state index contributed by atoms with van der Waals surface area (Å²) >= 11 is 0. The molecule has 1 amide bonds. The van der Waals surface area contributed by atoms with Crippen molar-refractivity contribution in [3.63, 3.8) is 0 Å². The Morgan fingerprint density at radius 2 is 1.89 bits per heavy atom. The number of Topliss-reactive ketones (excluding diaryl/α,β-unsaturated/α-hetero) is 1. The van der Waals surface area contributed by atoms with Crippen molar-refractivity contribution in [2.75, 3.05) is 19.7 Å². The molecule has 220 valence electrons. The van der Waals surface area contributed by atoms with Gasteiger partial charge in [0, 0.05) is 49.1 Å². The van der Waals surface area contributed by atoms with Crippen LogP contribution in [0.2, 0.25) is 0 Å². The molecule has 1 saturated carbocycles. The summed E-state index contributed by atoms with van der Waals surface area (Å²) in [5.74, 6) is 0.432. The molecule has 2 aromatic heterocycles. The third-order valence-corrected chi connectivity index (χ3v) is 8.72. The third-order valence-electron chi connectivity index (χ3n) is 8.72. The molecule has 9 nitrogen and oxygen atoms in total. The molecule has 2 fully saturated rings. The maximum absolute atomic E-state index is 13.7. The van der Waals surface area contributed by atoms with E-state index in [1.807, 2.05) is 19.1 Å². The van der Waals surface area contributed by atoms with E-state index < -0.39 is 11.6 Å². The van der Waals surface area contributed by atoms with Gasteiger partial charge in [-0.3, -0.25) is 14.6 Å². The number of pyridine rings is 2. The number of ether oxygens (including phenoxy) is 2. The molecule has 7 rings (SSSR count). The average molecular weight is 602 g/mol. The first-order chi connectivity index (χ1) is 20.8. The molecule has 44 heavy (non-hydrogen) atoms. The van der Waals surface area contributed by atoms with Gasteiger partial charge in [0.2, 0.25) is 0 Å². The van der Waals surface area contributed by atoms with Crippen molar-refractivity contribution in [1.82, 2.24) is 14.9 Å². The number of carbonyl (C=O) groups excluding carboxylic acids is 2. The number of aromatic carboxylic acids is 1. The van der Waals surface area contributed by atoms with Gasteiger partial charge < -0.3 is 19.5 Å². The van der Waals surface area contributed by atoms with Crippen molar-refractivity contribution in [1.29, 1.82) is 0 Å². The topological polar surface area (TPSA) is 119 Å². The number of hydrogen-bond donors (Lipinski definition) is 1. The Morgan fingerprint density at radius 1 is 1.09 bits per heavy atom. The van der Waals surface area contributed by atoms with Crippen LogP contribution in [-0.2, 0) is 0 Å². The van der Waals surface area contributed by atoms with E-state index in [0.29, 0.717) is 72.5 Å². The van der Waals surface area contributed by atoms with Crippen molar-refractivity contribution in [3.05, 3.63) is 83.2 Å². The molecule has 0 atom stereocenters. The summed E-state index contributed by atoms with van der Waals surface area (Å²) in [5, 5.41) is 10.3. The first-order valence-corrected chi connectivity index (χ1v) is 14.8. The van der Waals surface area contributed by atoms with Crippen molar-refractivity contribution in [3.8, 4) is 22.8 Å². The second kappa shape index (κ2) is 12.0. The summed E-state index contributed by atoms with van der Waals surface area (Å²) in [7, 11) is 0. The fourth-order valence-electron chi connectivity index (χ4n) is 6.28. The number of aromatic nitrogens is 2. The molecule has 0 radical (unpaired) electrons. The van der Waals surface area contributed by atoms with Crippen LogP contribution in [0, 0.1) is 0 Å². The molecule has 1 saturated heterocycles. The number of amides is 1. The summed E-state index contributed by atoms with van der Waals surface area (Å²) in [4.78, 5) is 49.4. The number of carbonyl (C=O) groups is 3. The van der Waals surface area contributed by atoms with Crippen LogP contribution >= 0.6 is 0 Å². The monoisotopic (exact) mass is 601 g/mol. The Bertz CT molecular complexity index is 1800. The van der Waals surface area contributed by atoms with Gasteiger partial charge in [-0.05, 0) is 67.6 Å². The van der Waals surface area contributed by atoms with Gasteiger partial charge in [-0.1, -0.05) is 12.1 Å². The number of piperidine rings is 1. The first kappa shape index (κ1) is 30.2. The van der Waals surface area contributed by atoms with Gasteiger partial charge in [0.15, 0.2) is 5.78 Å². The second-order valence-electron chi connectivity index (χ2n) is 11.6. The molecule has 10 heteroatoms. The van der Waals surface area contributed by atoms with E-state index in [0.717, 1.165) is 23.7 Å². The summed E-state index contributed by atoms with van der Waals surface area (Å²) in [6.45, 7) is 3.31. The predicted octanol–water partition coefficient (Wildman–Crippen LogP) is 5.26. The Balaban J connectivity index is 0.00000343. The van der Waals surface area contributed by atoms with Crippen LogP contribution in [0.3, 0.4) is 0 Å². The van der Waals surface area contributed by atoms with Gasteiger partial charge in [0.05, 0.1) is 35.4 Å². The molecule has 1 aliphatic carbocycles. The SMILES string of the molecule is CCOc1cc(C(=O)N2CCC3(CC2)CC(=O)c2cc(-c4cc(C(=O)O)ccn4)ccc2O3)nc2c(C3CC3)cccc12.[NaH]. The number of benzene rings is 2. The number of hydrogen-bond acceptors (Lipinski definition) is 7. The van der Waals surface area contributed by atoms with E-state index in [4.69, 9.17) is 14.5 Å². The van der Waals surface area contributed by atoms with Crippen LogP contribution in [0.4, 0.5) is 0 Å². The van der Waals surface area contributed by atoms with Crippen LogP contribution in [0.5, 0.6) is 11.5 Å². The number of nitrogens with zero attached hydrogens (tertiary/aromatic N) is 3. The Labute approximate surface area is 276 Å². The molecule has 3 aliphatic rings. The summed E-state index contributed by atoms with van der Waals surface area (Å²) in [5.41, 5.74) is 3.41. The molecular weight excluding hydrogens is 569 g/mol. The predicted molar refractivity (Wildman–Crippen MR) is 166 cm³/mol. The Kier molecular flexibility index (Phi) is 8.22. The van der Waals surface area contributed by atoms with E-state index in [9.17, 15) is 19.5 Å². The number of ketones is 1. The van der Waals surface area contributed by atoms with Gasteiger partial charge in [0.25, 0.3) is 5.91 Å². The van der Waals surface area contributed by atoms with Gasteiger partial charge in [-0.2, -0.15) is 0 Å². The molecule has 4 aromatic rings. The number of carboxylic acid groups (broad SMARTS) is 1. The van der Waals surface area contributed by atoms with Crippen molar-refractivity contribution >= 4 is 58.1 Å². The molecular formula is C34H32N3NaO6. The van der Waals surface area contributed by atoms with Crippen LogP contribution in [0.1, 0.15) is 81.7 Å². The first-order valence-electron chi connectivity index (χ1n) is 14.8. The number of rotatable bonds is 6. The molecule has 1 N–H and O–H groups in total. The minimum absolute atomic E-state index is 0. The minimum atomic E-state index is -1.04. The average Bonchev–Trinajstić information content (AvgIpc) is 3.86. The standard InChI is InChI=1S/C34H31N3O6.Na.H/c1-2-42-30-18-27(36-31-23(20-6-7-20)4-3-5-24(30)31)32(39)37-14-11-34(12-15-37)19-28(38)25-16-21(8-9-29(25)43-34)26-17-22(33(40)41)10-13-35-26;;/h3-5,8-10,13,16-18,20H,2,6-7,11-12,14-15,19H2,1H3,(H,40,41);;. The summed E-state index contributed by atoms with van der Waals surface area (Å²) in [6.07, 6.45) is 4.96. The van der Waals surface area contributed by atoms with E-state index in [2.05, 4.69) is 11.1 Å². The van der Waals surface area contributed by atoms with E-state index in [1.54, 1.807) is 29.2 Å². The van der Waals surface area contributed by atoms with Crippen molar-refractivity contribution < 1.29 is 29.0 Å². The molecule has 0 bridgehead atoms. The Hall–Kier alpha value is -3.79. The molecule has 4 heterocycles. The van der Waals surface area contributed by atoms with Gasteiger partial charge in [-0.25, -0.2) is 9.78 Å². The van der Waals surface area contributed by atoms with Gasteiger partial charge in [-0.15, -0.1) is 0 Å².